The lowest BCUT2D eigenvalue weighted by molar-refractivity contribution is -0.148. The van der Waals surface area contributed by atoms with Gasteiger partial charge in [-0.15, -0.1) is 12.3 Å². The number of carboxylic acids is 1. The Morgan fingerprint density at radius 1 is 1.45 bits per heavy atom. The van der Waals surface area contributed by atoms with Gasteiger partial charge in [-0.1, -0.05) is 0 Å². The molecular formula is C13H16FN3O3. The standard InChI is InChI=1S/C13H16FN3O3/c1-2-3-5-13(15-16-13)6-4-11(18)17-8-9(14)7-10(17)12(19)20/h1,9-10H,3-8H2,(H,19,20)/t9-,10-/m0/s1. The number of hydrogen-bond donors (Lipinski definition) is 1. The number of aliphatic carboxylic acids is 1. The largest absolute Gasteiger partial charge is 0.480 e. The number of likely N-dealkylation sites (tertiary alicyclic amines) is 1. The van der Waals surface area contributed by atoms with Gasteiger partial charge < -0.3 is 10.0 Å². The zero-order chi connectivity index (χ0) is 14.8. The van der Waals surface area contributed by atoms with Gasteiger partial charge in [0.25, 0.3) is 0 Å². The van der Waals surface area contributed by atoms with E-state index in [1.807, 2.05) is 0 Å². The van der Waals surface area contributed by atoms with Gasteiger partial charge in [0.1, 0.15) is 12.2 Å². The molecule has 0 aromatic rings. The molecule has 1 amide bonds. The Morgan fingerprint density at radius 3 is 2.70 bits per heavy atom. The Kier molecular flexibility index (Phi) is 4.02. The molecule has 2 aliphatic rings. The van der Waals surface area contributed by atoms with Gasteiger partial charge in [-0.05, 0) is 0 Å². The Bertz CT molecular complexity index is 480. The minimum absolute atomic E-state index is 0.105. The number of amides is 1. The zero-order valence-corrected chi connectivity index (χ0v) is 11.0. The van der Waals surface area contributed by atoms with Gasteiger partial charge >= 0.3 is 5.97 Å². The second kappa shape index (κ2) is 5.57. The lowest BCUT2D eigenvalue weighted by Crippen LogP contribution is -2.40. The maximum atomic E-state index is 13.3. The van der Waals surface area contributed by atoms with Crippen molar-refractivity contribution in [1.82, 2.24) is 4.90 Å². The number of nitrogens with zero attached hydrogens (tertiary/aromatic N) is 3. The van der Waals surface area contributed by atoms with Crippen LogP contribution >= 0.6 is 0 Å². The smallest absolute Gasteiger partial charge is 0.326 e. The lowest BCUT2D eigenvalue weighted by atomic mass is 10.0. The van der Waals surface area contributed by atoms with E-state index in [4.69, 9.17) is 11.5 Å². The Hall–Kier alpha value is -1.97. The highest BCUT2D eigenvalue weighted by atomic mass is 19.1. The number of carboxylic acid groups (broad SMARTS) is 1. The molecule has 0 saturated carbocycles. The van der Waals surface area contributed by atoms with E-state index in [0.717, 1.165) is 4.90 Å². The number of halogens is 1. The molecule has 0 aromatic heterocycles. The van der Waals surface area contributed by atoms with Gasteiger partial charge in [-0.3, -0.25) is 4.79 Å². The zero-order valence-electron chi connectivity index (χ0n) is 11.0. The molecule has 1 saturated heterocycles. The van der Waals surface area contributed by atoms with Crippen LogP contribution in [0.3, 0.4) is 0 Å². The molecule has 1 fully saturated rings. The van der Waals surface area contributed by atoms with Crippen LogP contribution in [0.15, 0.2) is 10.2 Å². The third-order valence-corrected chi connectivity index (χ3v) is 3.65. The van der Waals surface area contributed by atoms with Crippen molar-refractivity contribution in [2.75, 3.05) is 6.54 Å². The van der Waals surface area contributed by atoms with Gasteiger partial charge in [0.15, 0.2) is 5.66 Å². The minimum Gasteiger partial charge on any atom is -0.480 e. The van der Waals surface area contributed by atoms with Crippen LogP contribution in [0.1, 0.15) is 32.1 Å². The highest BCUT2D eigenvalue weighted by Crippen LogP contribution is 2.38. The summed E-state index contributed by atoms with van der Waals surface area (Å²) in [6, 6.07) is -1.06. The van der Waals surface area contributed by atoms with Crippen molar-refractivity contribution in [1.29, 1.82) is 0 Å². The quantitative estimate of drug-likeness (QED) is 0.746. The van der Waals surface area contributed by atoms with Gasteiger partial charge in [0, 0.05) is 32.1 Å². The fourth-order valence-electron chi connectivity index (χ4n) is 2.41. The van der Waals surface area contributed by atoms with Crippen LogP contribution in [0.5, 0.6) is 0 Å². The summed E-state index contributed by atoms with van der Waals surface area (Å²) in [5.74, 6) is 0.960. The molecule has 2 rings (SSSR count). The first-order valence-corrected chi connectivity index (χ1v) is 6.51. The van der Waals surface area contributed by atoms with Crippen molar-refractivity contribution in [3.63, 3.8) is 0 Å². The Balaban J connectivity index is 1.86. The average Bonchev–Trinajstić information content (AvgIpc) is 3.07. The van der Waals surface area contributed by atoms with E-state index >= 15 is 0 Å². The predicted molar refractivity (Wildman–Crippen MR) is 67.5 cm³/mol. The number of terminal acetylenes is 1. The van der Waals surface area contributed by atoms with Crippen LogP contribution in [0.2, 0.25) is 0 Å². The van der Waals surface area contributed by atoms with Crippen molar-refractivity contribution in [3.8, 4) is 12.3 Å². The van der Waals surface area contributed by atoms with Gasteiger partial charge in [0.2, 0.25) is 5.91 Å². The number of hydrogen-bond acceptors (Lipinski definition) is 4. The van der Waals surface area contributed by atoms with Crippen LogP contribution in [0.4, 0.5) is 4.39 Å². The fraction of sp³-hybridized carbons (Fsp3) is 0.692. The molecule has 108 valence electrons. The summed E-state index contributed by atoms with van der Waals surface area (Å²) in [6.07, 6.45) is 5.37. The highest BCUT2D eigenvalue weighted by Gasteiger charge is 2.43. The summed E-state index contributed by atoms with van der Waals surface area (Å²) in [6.45, 7) is -0.151. The molecular weight excluding hydrogens is 265 g/mol. The van der Waals surface area contributed by atoms with E-state index in [9.17, 15) is 14.0 Å². The summed E-state index contributed by atoms with van der Waals surface area (Å²) < 4.78 is 13.3. The van der Waals surface area contributed by atoms with Crippen LogP contribution in [-0.4, -0.2) is 46.3 Å². The van der Waals surface area contributed by atoms with E-state index < -0.39 is 23.8 Å². The molecule has 2 atom stereocenters. The van der Waals surface area contributed by atoms with Crippen molar-refractivity contribution in [3.05, 3.63) is 0 Å². The van der Waals surface area contributed by atoms with Crippen LogP contribution in [0, 0.1) is 12.3 Å². The number of carbonyl (C=O) groups is 2. The summed E-state index contributed by atoms with van der Waals surface area (Å²) in [4.78, 5) is 24.1. The first-order valence-electron chi connectivity index (χ1n) is 6.51. The summed E-state index contributed by atoms with van der Waals surface area (Å²) in [5, 5.41) is 16.8. The second-order valence-electron chi connectivity index (χ2n) is 5.12. The molecule has 2 heterocycles. The lowest BCUT2D eigenvalue weighted by Gasteiger charge is -2.21. The van der Waals surface area contributed by atoms with Crippen molar-refractivity contribution in [2.45, 2.75) is 50.0 Å². The Labute approximate surface area is 116 Å². The molecule has 0 spiro atoms. The van der Waals surface area contributed by atoms with E-state index in [1.54, 1.807) is 0 Å². The topological polar surface area (TPSA) is 82.3 Å². The average molecular weight is 281 g/mol. The molecule has 0 aliphatic carbocycles. The molecule has 0 radical (unpaired) electrons. The molecule has 20 heavy (non-hydrogen) atoms. The fourth-order valence-corrected chi connectivity index (χ4v) is 2.41. The van der Waals surface area contributed by atoms with E-state index in [1.165, 1.54) is 0 Å². The number of alkyl halides is 1. The molecule has 6 nitrogen and oxygen atoms in total. The van der Waals surface area contributed by atoms with Gasteiger partial charge in [0.05, 0.1) is 6.54 Å². The number of carbonyl (C=O) groups excluding carboxylic acids is 1. The van der Waals surface area contributed by atoms with Crippen LogP contribution in [0.25, 0.3) is 0 Å². The summed E-state index contributed by atoms with van der Waals surface area (Å²) in [5.41, 5.74) is -0.574. The maximum absolute atomic E-state index is 13.3. The molecule has 0 bridgehead atoms. The monoisotopic (exact) mass is 281 g/mol. The van der Waals surface area contributed by atoms with Crippen molar-refractivity contribution < 1.29 is 19.1 Å². The van der Waals surface area contributed by atoms with Crippen LogP contribution in [-0.2, 0) is 9.59 Å². The summed E-state index contributed by atoms with van der Waals surface area (Å²) in [7, 11) is 0. The molecule has 0 unspecified atom stereocenters. The Morgan fingerprint density at radius 2 is 2.15 bits per heavy atom. The van der Waals surface area contributed by atoms with Crippen molar-refractivity contribution >= 4 is 11.9 Å². The van der Waals surface area contributed by atoms with E-state index in [-0.39, 0.29) is 25.3 Å². The second-order valence-corrected chi connectivity index (χ2v) is 5.12. The van der Waals surface area contributed by atoms with Gasteiger partial charge in [-0.25, -0.2) is 9.18 Å². The SMILES string of the molecule is C#CCCC1(CCC(=O)N2C[C@@H](F)C[C@H]2C(=O)O)N=N1. The van der Waals surface area contributed by atoms with Crippen molar-refractivity contribution in [2.24, 2.45) is 10.2 Å². The highest BCUT2D eigenvalue weighted by molar-refractivity contribution is 5.84. The third-order valence-electron chi connectivity index (χ3n) is 3.65. The first-order chi connectivity index (χ1) is 9.47. The molecule has 7 heteroatoms. The van der Waals surface area contributed by atoms with Gasteiger partial charge in [-0.2, -0.15) is 10.2 Å². The molecule has 0 aromatic carbocycles. The molecule has 2 aliphatic heterocycles. The normalized spacial score (nSPS) is 26.3. The minimum atomic E-state index is -1.27. The third kappa shape index (κ3) is 3.13. The maximum Gasteiger partial charge on any atom is 0.326 e. The summed E-state index contributed by atoms with van der Waals surface area (Å²) >= 11 is 0. The van der Waals surface area contributed by atoms with E-state index in [2.05, 4.69) is 16.1 Å². The number of rotatable bonds is 6. The first kappa shape index (κ1) is 14.4. The van der Waals surface area contributed by atoms with Crippen LogP contribution < -0.4 is 0 Å². The predicted octanol–water partition coefficient (Wildman–Crippen LogP) is 1.37. The molecule has 1 N–H and O–H groups in total. The van der Waals surface area contributed by atoms with E-state index in [0.29, 0.717) is 19.3 Å².